The molecule has 0 bridgehead atoms. The van der Waals surface area contributed by atoms with Crippen molar-refractivity contribution in [3.05, 3.63) is 29.1 Å². The molecule has 2 rings (SSSR count). The van der Waals surface area contributed by atoms with Crippen LogP contribution in [0.25, 0.3) is 0 Å². The van der Waals surface area contributed by atoms with E-state index in [1.54, 1.807) is 0 Å². The van der Waals surface area contributed by atoms with E-state index in [4.69, 9.17) is 5.11 Å². The van der Waals surface area contributed by atoms with Crippen molar-refractivity contribution in [3.63, 3.8) is 0 Å². The van der Waals surface area contributed by atoms with E-state index in [1.165, 1.54) is 0 Å². The van der Waals surface area contributed by atoms with Gasteiger partial charge in [0.25, 0.3) is 5.91 Å². The molecule has 1 saturated carbocycles. The third-order valence-corrected chi connectivity index (χ3v) is 3.42. The number of aliphatic hydroxyl groups is 1. The molecule has 0 aromatic carbocycles. The molecule has 1 heterocycles. The molecule has 1 amide bonds. The summed E-state index contributed by atoms with van der Waals surface area (Å²) >= 11 is 0. The molecule has 0 radical (unpaired) electrons. The van der Waals surface area contributed by atoms with Gasteiger partial charge in [0, 0.05) is 18.3 Å². The summed E-state index contributed by atoms with van der Waals surface area (Å²) in [6.07, 6.45) is 2.93. The van der Waals surface area contributed by atoms with Gasteiger partial charge in [-0.15, -0.1) is 0 Å². The zero-order valence-electron chi connectivity index (χ0n) is 10.9. The predicted octanol–water partition coefficient (Wildman–Crippen LogP) is 1.59. The lowest BCUT2D eigenvalue weighted by Gasteiger charge is -2.17. The van der Waals surface area contributed by atoms with Crippen molar-refractivity contribution in [2.45, 2.75) is 39.2 Å². The van der Waals surface area contributed by atoms with Crippen LogP contribution in [0.15, 0.2) is 12.1 Å². The molecule has 2 N–H and O–H groups in total. The van der Waals surface area contributed by atoms with Gasteiger partial charge in [-0.1, -0.05) is 0 Å². The first kappa shape index (κ1) is 13.0. The number of pyridine rings is 1. The number of carbonyl (C=O) groups excluding carboxylic acids is 1. The van der Waals surface area contributed by atoms with E-state index >= 15 is 0 Å². The van der Waals surface area contributed by atoms with Crippen molar-refractivity contribution < 1.29 is 9.90 Å². The summed E-state index contributed by atoms with van der Waals surface area (Å²) < 4.78 is 0. The highest BCUT2D eigenvalue weighted by Crippen LogP contribution is 2.34. The third-order valence-electron chi connectivity index (χ3n) is 3.42. The molecule has 0 saturated heterocycles. The Labute approximate surface area is 107 Å². The van der Waals surface area contributed by atoms with E-state index in [9.17, 15) is 4.79 Å². The molecular weight excluding hydrogens is 228 g/mol. The highest BCUT2D eigenvalue weighted by atomic mass is 16.3. The van der Waals surface area contributed by atoms with Gasteiger partial charge in [-0.05, 0) is 51.2 Å². The van der Waals surface area contributed by atoms with Gasteiger partial charge < -0.3 is 10.4 Å². The number of nitrogens with one attached hydrogen (secondary N) is 1. The molecule has 98 valence electrons. The van der Waals surface area contributed by atoms with Crippen molar-refractivity contribution in [2.24, 2.45) is 5.92 Å². The van der Waals surface area contributed by atoms with Gasteiger partial charge in [-0.25, -0.2) is 0 Å². The maximum atomic E-state index is 12.2. The van der Waals surface area contributed by atoms with Crippen LogP contribution in [-0.2, 0) is 0 Å². The predicted molar refractivity (Wildman–Crippen MR) is 69.4 cm³/mol. The van der Waals surface area contributed by atoms with Crippen LogP contribution in [-0.4, -0.2) is 28.6 Å². The lowest BCUT2D eigenvalue weighted by Crippen LogP contribution is -2.37. The van der Waals surface area contributed by atoms with Crippen LogP contribution in [0.1, 0.15) is 41.0 Å². The summed E-state index contributed by atoms with van der Waals surface area (Å²) in [6, 6.07) is 3.76. The molecule has 1 unspecified atom stereocenters. The van der Waals surface area contributed by atoms with Crippen LogP contribution in [0.2, 0.25) is 0 Å². The highest BCUT2D eigenvalue weighted by molar-refractivity contribution is 5.95. The first-order chi connectivity index (χ1) is 8.61. The molecular formula is C14H20N2O2. The Morgan fingerprint density at radius 1 is 1.50 bits per heavy atom. The molecule has 18 heavy (non-hydrogen) atoms. The summed E-state index contributed by atoms with van der Waals surface area (Å²) in [5.41, 5.74) is 2.30. The summed E-state index contributed by atoms with van der Waals surface area (Å²) in [5.74, 6) is 0.463. The molecule has 1 fully saturated rings. The van der Waals surface area contributed by atoms with E-state index in [0.29, 0.717) is 17.9 Å². The molecule has 0 spiro atoms. The molecule has 0 aliphatic heterocycles. The topological polar surface area (TPSA) is 62.2 Å². The Morgan fingerprint density at radius 3 is 2.78 bits per heavy atom. The van der Waals surface area contributed by atoms with Gasteiger partial charge in [0.2, 0.25) is 0 Å². The number of aryl methyl sites for hydroxylation is 2. The van der Waals surface area contributed by atoms with Gasteiger partial charge >= 0.3 is 0 Å². The zero-order chi connectivity index (χ0) is 13.1. The quantitative estimate of drug-likeness (QED) is 0.831. The number of amides is 1. The summed E-state index contributed by atoms with van der Waals surface area (Å²) in [6.45, 7) is 3.88. The number of carbonyl (C=O) groups is 1. The van der Waals surface area contributed by atoms with Gasteiger partial charge in [0.1, 0.15) is 0 Å². The number of nitrogens with zero attached hydrogens (tertiary/aromatic N) is 1. The Hall–Kier alpha value is -1.42. The first-order valence-electron chi connectivity index (χ1n) is 6.48. The van der Waals surface area contributed by atoms with Crippen LogP contribution in [0, 0.1) is 19.8 Å². The average molecular weight is 248 g/mol. The molecule has 1 aliphatic rings. The summed E-state index contributed by atoms with van der Waals surface area (Å²) in [4.78, 5) is 16.5. The van der Waals surface area contributed by atoms with Gasteiger partial charge in [0.15, 0.2) is 0 Å². The standard InChI is InChI=1S/C14H20N2O2/c1-9-3-6-12(10(2)15-9)14(18)16-13(7-8-17)11-4-5-11/h3,6,11,13,17H,4-5,7-8H2,1-2H3,(H,16,18). The maximum Gasteiger partial charge on any atom is 0.253 e. The van der Waals surface area contributed by atoms with E-state index in [2.05, 4.69) is 10.3 Å². The molecule has 1 aromatic heterocycles. The van der Waals surface area contributed by atoms with Crippen molar-refractivity contribution in [2.75, 3.05) is 6.61 Å². The fourth-order valence-electron chi connectivity index (χ4n) is 2.24. The zero-order valence-corrected chi connectivity index (χ0v) is 10.9. The average Bonchev–Trinajstić information content (AvgIpc) is 3.11. The number of aromatic nitrogens is 1. The fourth-order valence-corrected chi connectivity index (χ4v) is 2.24. The second kappa shape index (κ2) is 5.48. The maximum absolute atomic E-state index is 12.2. The number of aliphatic hydroxyl groups excluding tert-OH is 1. The highest BCUT2D eigenvalue weighted by Gasteiger charge is 2.32. The molecule has 1 aromatic rings. The minimum Gasteiger partial charge on any atom is -0.396 e. The molecule has 4 heteroatoms. The SMILES string of the molecule is Cc1ccc(C(=O)NC(CCO)C2CC2)c(C)n1. The van der Waals surface area contributed by atoms with Crippen LogP contribution < -0.4 is 5.32 Å². The lowest BCUT2D eigenvalue weighted by molar-refractivity contribution is 0.0923. The van der Waals surface area contributed by atoms with Crippen LogP contribution in [0.4, 0.5) is 0 Å². The number of hydrogen-bond acceptors (Lipinski definition) is 3. The molecule has 1 aliphatic carbocycles. The Bertz CT molecular complexity index is 441. The van der Waals surface area contributed by atoms with Gasteiger partial charge in [-0.2, -0.15) is 0 Å². The fraction of sp³-hybridized carbons (Fsp3) is 0.571. The summed E-state index contributed by atoms with van der Waals surface area (Å²) in [7, 11) is 0. The Kier molecular flexibility index (Phi) is 3.97. The minimum absolute atomic E-state index is 0.0784. The monoisotopic (exact) mass is 248 g/mol. The van der Waals surface area contributed by atoms with Gasteiger partial charge in [0.05, 0.1) is 11.3 Å². The molecule has 4 nitrogen and oxygen atoms in total. The van der Waals surface area contributed by atoms with Crippen LogP contribution >= 0.6 is 0 Å². The molecule has 1 atom stereocenters. The summed E-state index contributed by atoms with van der Waals surface area (Å²) in [5, 5.41) is 12.0. The Morgan fingerprint density at radius 2 is 2.22 bits per heavy atom. The smallest absolute Gasteiger partial charge is 0.253 e. The normalized spacial score (nSPS) is 16.4. The van der Waals surface area contributed by atoms with E-state index in [-0.39, 0.29) is 18.6 Å². The van der Waals surface area contributed by atoms with Crippen LogP contribution in [0.3, 0.4) is 0 Å². The number of hydrogen-bond donors (Lipinski definition) is 2. The third kappa shape index (κ3) is 3.07. The largest absolute Gasteiger partial charge is 0.396 e. The Balaban J connectivity index is 2.05. The first-order valence-corrected chi connectivity index (χ1v) is 6.48. The van der Waals surface area contributed by atoms with E-state index < -0.39 is 0 Å². The minimum atomic E-state index is -0.0784. The van der Waals surface area contributed by atoms with Crippen LogP contribution in [0.5, 0.6) is 0 Å². The second-order valence-electron chi connectivity index (χ2n) is 5.02. The van der Waals surface area contributed by atoms with Crippen molar-refractivity contribution >= 4 is 5.91 Å². The number of rotatable bonds is 5. The van der Waals surface area contributed by atoms with Gasteiger partial charge in [-0.3, -0.25) is 9.78 Å². The lowest BCUT2D eigenvalue weighted by atomic mass is 10.1. The van der Waals surface area contributed by atoms with E-state index in [1.807, 2.05) is 26.0 Å². The van der Waals surface area contributed by atoms with Crippen molar-refractivity contribution in [3.8, 4) is 0 Å². The second-order valence-corrected chi connectivity index (χ2v) is 5.02. The van der Waals surface area contributed by atoms with Crippen molar-refractivity contribution in [1.29, 1.82) is 0 Å². The van der Waals surface area contributed by atoms with E-state index in [0.717, 1.165) is 24.2 Å². The van der Waals surface area contributed by atoms with Crippen molar-refractivity contribution in [1.82, 2.24) is 10.3 Å².